The molecular formula is C19H11ClN5. The van der Waals surface area contributed by atoms with E-state index in [1.54, 1.807) is 35.1 Å². The highest BCUT2D eigenvalue weighted by molar-refractivity contribution is 6.30. The van der Waals surface area contributed by atoms with Gasteiger partial charge in [0.15, 0.2) is 5.65 Å². The third kappa shape index (κ3) is 3.16. The highest BCUT2D eigenvalue weighted by Crippen LogP contribution is 2.21. The minimum atomic E-state index is 0.433. The Morgan fingerprint density at radius 2 is 2.00 bits per heavy atom. The zero-order chi connectivity index (χ0) is 17.2. The molecular weight excluding hydrogens is 334 g/mol. The van der Waals surface area contributed by atoms with E-state index in [4.69, 9.17) is 17.3 Å². The number of rotatable bonds is 1. The number of halogens is 1. The van der Waals surface area contributed by atoms with E-state index in [2.05, 4.69) is 33.0 Å². The van der Waals surface area contributed by atoms with E-state index in [1.165, 1.54) is 0 Å². The highest BCUT2D eigenvalue weighted by atomic mass is 35.5. The minimum absolute atomic E-state index is 0.433. The number of hydrogen-bond donors (Lipinski definition) is 1. The zero-order valence-electron chi connectivity index (χ0n) is 12.9. The molecule has 1 aromatic carbocycles. The maximum Gasteiger partial charge on any atom is 0.154 e. The molecule has 3 heterocycles. The molecule has 0 unspecified atom stereocenters. The number of anilines is 1. The summed E-state index contributed by atoms with van der Waals surface area (Å²) in [6.07, 6.45) is 3.32. The normalized spacial score (nSPS) is 10.4. The summed E-state index contributed by atoms with van der Waals surface area (Å²) in [6, 6.07) is 15.7. The molecule has 0 amide bonds. The molecule has 0 fully saturated rings. The van der Waals surface area contributed by atoms with Crippen LogP contribution in [0.3, 0.4) is 0 Å². The lowest BCUT2D eigenvalue weighted by atomic mass is 10.1. The van der Waals surface area contributed by atoms with Crippen molar-refractivity contribution < 1.29 is 0 Å². The fraction of sp³-hybridized carbons (Fsp3) is 0. The van der Waals surface area contributed by atoms with Gasteiger partial charge in [-0.05, 0) is 36.3 Å². The highest BCUT2D eigenvalue weighted by Gasteiger charge is 2.06. The smallest absolute Gasteiger partial charge is 0.154 e. The topological polar surface area (TPSA) is 69.1 Å². The average molecular weight is 345 g/mol. The van der Waals surface area contributed by atoms with Crippen molar-refractivity contribution in [2.45, 2.75) is 0 Å². The summed E-state index contributed by atoms with van der Waals surface area (Å²) in [7, 11) is 0. The van der Waals surface area contributed by atoms with Crippen molar-refractivity contribution in [2.75, 3.05) is 5.73 Å². The molecule has 0 bridgehead atoms. The number of benzene rings is 1. The van der Waals surface area contributed by atoms with Crippen molar-refractivity contribution in [3.05, 3.63) is 77.2 Å². The Kier molecular flexibility index (Phi) is 3.81. The van der Waals surface area contributed by atoms with Gasteiger partial charge in [-0.15, -0.1) is 0 Å². The monoisotopic (exact) mass is 344 g/mol. The van der Waals surface area contributed by atoms with Crippen LogP contribution in [0.5, 0.6) is 0 Å². The number of pyridine rings is 1. The number of aromatic nitrogens is 4. The van der Waals surface area contributed by atoms with Gasteiger partial charge in [0.1, 0.15) is 11.5 Å². The van der Waals surface area contributed by atoms with E-state index in [0.29, 0.717) is 16.5 Å². The van der Waals surface area contributed by atoms with Crippen LogP contribution in [-0.2, 0) is 0 Å². The Morgan fingerprint density at radius 3 is 2.84 bits per heavy atom. The Bertz CT molecular complexity index is 1140. The van der Waals surface area contributed by atoms with Gasteiger partial charge in [-0.25, -0.2) is 14.5 Å². The molecule has 3 aromatic heterocycles. The quantitative estimate of drug-likeness (QED) is 0.538. The molecule has 0 spiro atoms. The molecule has 0 aliphatic carbocycles. The number of nitrogens with two attached hydrogens (primary N) is 1. The average Bonchev–Trinajstić information content (AvgIpc) is 3.02. The van der Waals surface area contributed by atoms with E-state index >= 15 is 0 Å². The summed E-state index contributed by atoms with van der Waals surface area (Å²) in [5.41, 5.74) is 9.53. The van der Waals surface area contributed by atoms with Crippen LogP contribution in [0.2, 0.25) is 5.02 Å². The van der Waals surface area contributed by atoms with Crippen LogP contribution < -0.4 is 5.73 Å². The molecule has 1 radical (unpaired) electrons. The van der Waals surface area contributed by atoms with Crippen molar-refractivity contribution in [1.29, 1.82) is 0 Å². The maximum atomic E-state index is 6.01. The van der Waals surface area contributed by atoms with Crippen molar-refractivity contribution in [2.24, 2.45) is 0 Å². The lowest BCUT2D eigenvalue weighted by Crippen LogP contribution is -1.97. The zero-order valence-corrected chi connectivity index (χ0v) is 13.7. The summed E-state index contributed by atoms with van der Waals surface area (Å²) in [5, 5.41) is 5.16. The van der Waals surface area contributed by atoms with E-state index in [0.717, 1.165) is 22.5 Å². The molecule has 25 heavy (non-hydrogen) atoms. The van der Waals surface area contributed by atoms with Crippen LogP contribution in [0, 0.1) is 17.9 Å². The molecule has 0 atom stereocenters. The number of nitrogen functional groups attached to an aromatic ring is 1. The van der Waals surface area contributed by atoms with Gasteiger partial charge in [0.05, 0.1) is 11.9 Å². The lowest BCUT2D eigenvalue weighted by Gasteiger charge is -2.02. The molecule has 5 nitrogen and oxygen atoms in total. The van der Waals surface area contributed by atoms with Gasteiger partial charge in [-0.3, -0.25) is 0 Å². The Hall–Kier alpha value is -3.36. The number of imidazole rings is 1. The SMILES string of the molecule is Nc1cc(C#Cc2cnc3ccc(-c4cc[c]c(Cl)c4)nn23)ccn1. The summed E-state index contributed by atoms with van der Waals surface area (Å²) in [5.74, 6) is 6.56. The fourth-order valence-corrected chi connectivity index (χ4v) is 2.55. The number of hydrogen-bond acceptors (Lipinski definition) is 4. The molecule has 0 saturated heterocycles. The maximum absolute atomic E-state index is 6.01. The van der Waals surface area contributed by atoms with Gasteiger partial charge in [-0.2, -0.15) is 5.10 Å². The summed E-state index contributed by atoms with van der Waals surface area (Å²) in [6.45, 7) is 0. The van der Waals surface area contributed by atoms with Gasteiger partial charge < -0.3 is 5.73 Å². The first-order valence-corrected chi connectivity index (χ1v) is 7.83. The van der Waals surface area contributed by atoms with Crippen LogP contribution in [0.1, 0.15) is 11.3 Å². The van der Waals surface area contributed by atoms with E-state index < -0.39 is 0 Å². The van der Waals surface area contributed by atoms with Crippen LogP contribution in [0.15, 0.2) is 54.9 Å². The van der Waals surface area contributed by atoms with E-state index in [1.807, 2.05) is 24.3 Å². The molecule has 0 saturated carbocycles. The molecule has 2 N–H and O–H groups in total. The second-order valence-electron chi connectivity index (χ2n) is 5.28. The number of fused-ring (bicyclic) bond motifs is 1. The first kappa shape index (κ1) is 15.2. The molecule has 4 aromatic rings. The summed E-state index contributed by atoms with van der Waals surface area (Å²) in [4.78, 5) is 8.28. The minimum Gasteiger partial charge on any atom is -0.384 e. The van der Waals surface area contributed by atoms with Crippen molar-refractivity contribution in [3.8, 4) is 23.1 Å². The Balaban J connectivity index is 1.77. The van der Waals surface area contributed by atoms with E-state index in [9.17, 15) is 0 Å². The third-order valence-electron chi connectivity index (χ3n) is 3.54. The lowest BCUT2D eigenvalue weighted by molar-refractivity contribution is 0.930. The second-order valence-corrected chi connectivity index (χ2v) is 5.68. The van der Waals surface area contributed by atoms with Crippen molar-refractivity contribution in [3.63, 3.8) is 0 Å². The Morgan fingerprint density at radius 1 is 1.08 bits per heavy atom. The van der Waals surface area contributed by atoms with Gasteiger partial charge in [-0.1, -0.05) is 29.7 Å². The molecule has 119 valence electrons. The third-order valence-corrected chi connectivity index (χ3v) is 3.76. The number of nitrogens with zero attached hydrogens (tertiary/aromatic N) is 4. The second kappa shape index (κ2) is 6.27. The Labute approximate surface area is 149 Å². The molecule has 0 aliphatic heterocycles. The standard InChI is InChI=1S/C19H11ClN5/c20-15-3-1-2-14(11-15)17-6-7-19-23-12-16(25(19)24-17)5-4-13-8-9-22-18(21)10-13/h1-2,6-12H,(H2,21,22). The van der Waals surface area contributed by atoms with Crippen LogP contribution >= 0.6 is 11.6 Å². The summed E-state index contributed by atoms with van der Waals surface area (Å²) >= 11 is 6.01. The molecule has 0 aliphatic rings. The van der Waals surface area contributed by atoms with Gasteiger partial charge >= 0.3 is 0 Å². The predicted molar refractivity (Wildman–Crippen MR) is 96.9 cm³/mol. The van der Waals surface area contributed by atoms with Gasteiger partial charge in [0.25, 0.3) is 0 Å². The fourth-order valence-electron chi connectivity index (χ4n) is 2.37. The van der Waals surface area contributed by atoms with E-state index in [-0.39, 0.29) is 0 Å². The predicted octanol–water partition coefficient (Wildman–Crippen LogP) is 3.23. The summed E-state index contributed by atoms with van der Waals surface area (Å²) < 4.78 is 1.71. The largest absolute Gasteiger partial charge is 0.384 e. The van der Waals surface area contributed by atoms with Crippen LogP contribution in [-0.4, -0.2) is 19.6 Å². The first-order valence-electron chi connectivity index (χ1n) is 7.45. The first-order chi connectivity index (χ1) is 12.2. The van der Waals surface area contributed by atoms with Crippen LogP contribution in [0.4, 0.5) is 5.82 Å². The molecule has 6 heteroatoms. The van der Waals surface area contributed by atoms with Crippen molar-refractivity contribution >= 4 is 23.1 Å². The molecule has 4 rings (SSSR count). The van der Waals surface area contributed by atoms with Gasteiger partial charge in [0.2, 0.25) is 0 Å². The van der Waals surface area contributed by atoms with Crippen molar-refractivity contribution in [1.82, 2.24) is 19.6 Å². The van der Waals surface area contributed by atoms with Gasteiger partial charge in [0, 0.05) is 28.4 Å². The van der Waals surface area contributed by atoms with Crippen LogP contribution in [0.25, 0.3) is 16.9 Å².